The third-order valence-corrected chi connectivity index (χ3v) is 6.80. The lowest BCUT2D eigenvalue weighted by atomic mass is 10.0. The molecule has 2 amide bonds. The molecule has 0 saturated carbocycles. The zero-order valence-corrected chi connectivity index (χ0v) is 20.3. The van der Waals surface area contributed by atoms with Gasteiger partial charge in [0.25, 0.3) is 5.91 Å². The van der Waals surface area contributed by atoms with Crippen LogP contribution in [0.1, 0.15) is 40.0 Å². The van der Waals surface area contributed by atoms with Gasteiger partial charge >= 0.3 is 0 Å². The molecule has 0 aromatic heterocycles. The molecule has 9 heteroatoms. The van der Waals surface area contributed by atoms with Crippen LogP contribution in [0.2, 0.25) is 0 Å². The highest BCUT2D eigenvalue weighted by Crippen LogP contribution is 2.21. The van der Waals surface area contributed by atoms with E-state index >= 15 is 0 Å². The number of nitrogens with zero attached hydrogens (tertiary/aromatic N) is 2. The van der Waals surface area contributed by atoms with Crippen molar-refractivity contribution in [3.63, 3.8) is 0 Å². The van der Waals surface area contributed by atoms with Gasteiger partial charge in [-0.3, -0.25) is 13.9 Å². The highest BCUT2D eigenvalue weighted by Gasteiger charge is 2.24. The molecule has 1 atom stereocenters. The summed E-state index contributed by atoms with van der Waals surface area (Å²) >= 11 is 0. The fraction of sp³-hybridized carbons (Fsp3) is 0.417. The van der Waals surface area contributed by atoms with Crippen molar-refractivity contribution in [1.82, 2.24) is 10.2 Å². The Balaban J connectivity index is 1.72. The first-order valence-electron chi connectivity index (χ1n) is 10.9. The van der Waals surface area contributed by atoms with Gasteiger partial charge in [0.1, 0.15) is 6.54 Å². The second kappa shape index (κ2) is 10.4. The molecule has 0 bridgehead atoms. The maximum Gasteiger partial charge on any atom is 0.254 e. The average Bonchev–Trinajstić information content (AvgIpc) is 2.77. The van der Waals surface area contributed by atoms with E-state index in [2.05, 4.69) is 5.32 Å². The van der Waals surface area contributed by atoms with Gasteiger partial charge in [0.05, 0.1) is 31.2 Å². The Bertz CT molecular complexity index is 1110. The maximum atomic E-state index is 12.7. The van der Waals surface area contributed by atoms with Crippen molar-refractivity contribution in [2.45, 2.75) is 26.8 Å². The van der Waals surface area contributed by atoms with Gasteiger partial charge < -0.3 is 15.0 Å². The Morgan fingerprint density at radius 3 is 2.30 bits per heavy atom. The SMILES string of the molecule is Cc1ccc(C(C)NC(=O)CN(c2ccc(C(=O)N3CCOCC3)cc2)S(C)(=O)=O)c(C)c1. The molecule has 1 fully saturated rings. The highest BCUT2D eigenvalue weighted by molar-refractivity contribution is 7.92. The molecule has 2 aromatic carbocycles. The van der Waals surface area contributed by atoms with Gasteiger partial charge in [0.2, 0.25) is 15.9 Å². The van der Waals surface area contributed by atoms with Crippen molar-refractivity contribution in [1.29, 1.82) is 0 Å². The second-order valence-corrected chi connectivity index (χ2v) is 10.3. The zero-order chi connectivity index (χ0) is 24.2. The van der Waals surface area contributed by atoms with Crippen LogP contribution in [0.15, 0.2) is 42.5 Å². The summed E-state index contributed by atoms with van der Waals surface area (Å²) in [7, 11) is -3.72. The number of sulfonamides is 1. The Morgan fingerprint density at radius 2 is 1.73 bits per heavy atom. The molecule has 0 spiro atoms. The van der Waals surface area contributed by atoms with Crippen LogP contribution in [0.4, 0.5) is 5.69 Å². The molecular weight excluding hydrogens is 442 g/mol. The van der Waals surface area contributed by atoms with Gasteiger partial charge in [-0.25, -0.2) is 8.42 Å². The fourth-order valence-corrected chi connectivity index (χ4v) is 4.78. The van der Waals surface area contributed by atoms with Crippen molar-refractivity contribution in [2.24, 2.45) is 0 Å². The Hall–Kier alpha value is -2.91. The number of ether oxygens (including phenoxy) is 1. The predicted octanol–water partition coefficient (Wildman–Crippen LogP) is 2.42. The summed E-state index contributed by atoms with van der Waals surface area (Å²) < 4.78 is 31.2. The third kappa shape index (κ3) is 6.33. The first-order valence-corrected chi connectivity index (χ1v) is 12.7. The normalized spacial score (nSPS) is 15.1. The lowest BCUT2D eigenvalue weighted by Crippen LogP contribution is -2.41. The molecule has 178 valence electrons. The molecule has 8 nitrogen and oxygen atoms in total. The van der Waals surface area contributed by atoms with E-state index in [0.717, 1.165) is 27.3 Å². The smallest absolute Gasteiger partial charge is 0.254 e. The number of nitrogens with one attached hydrogen (secondary N) is 1. The lowest BCUT2D eigenvalue weighted by Gasteiger charge is -2.27. The van der Waals surface area contributed by atoms with Crippen LogP contribution in [0, 0.1) is 13.8 Å². The average molecular weight is 474 g/mol. The van der Waals surface area contributed by atoms with Gasteiger partial charge in [-0.15, -0.1) is 0 Å². The molecule has 1 unspecified atom stereocenters. The number of hydrogen-bond acceptors (Lipinski definition) is 5. The van der Waals surface area contributed by atoms with Crippen LogP contribution >= 0.6 is 0 Å². The van der Waals surface area contributed by atoms with E-state index in [1.54, 1.807) is 29.2 Å². The summed E-state index contributed by atoms with van der Waals surface area (Å²) in [6, 6.07) is 12.0. The van der Waals surface area contributed by atoms with Gasteiger partial charge in [0.15, 0.2) is 0 Å². The number of anilines is 1. The number of benzene rings is 2. The summed E-state index contributed by atoms with van der Waals surface area (Å²) in [5.41, 5.74) is 3.95. The van der Waals surface area contributed by atoms with Gasteiger partial charge in [-0.05, 0) is 56.2 Å². The number of aryl methyl sites for hydroxylation is 2. The van der Waals surface area contributed by atoms with Gasteiger partial charge in [-0.1, -0.05) is 23.8 Å². The topological polar surface area (TPSA) is 96.0 Å². The van der Waals surface area contributed by atoms with Crippen molar-refractivity contribution in [3.05, 3.63) is 64.7 Å². The maximum absolute atomic E-state index is 12.7. The number of morpholine rings is 1. The minimum Gasteiger partial charge on any atom is -0.378 e. The summed E-state index contributed by atoms with van der Waals surface area (Å²) in [5.74, 6) is -0.544. The molecule has 0 radical (unpaired) electrons. The summed E-state index contributed by atoms with van der Waals surface area (Å²) in [6.07, 6.45) is 1.06. The Kier molecular flexibility index (Phi) is 7.76. The summed E-state index contributed by atoms with van der Waals surface area (Å²) in [5, 5.41) is 2.88. The van der Waals surface area contributed by atoms with Crippen molar-refractivity contribution in [2.75, 3.05) is 43.4 Å². The molecule has 33 heavy (non-hydrogen) atoms. The van der Waals surface area contributed by atoms with Crippen molar-refractivity contribution < 1.29 is 22.7 Å². The molecule has 1 heterocycles. The standard InChI is InChI=1S/C24H31N3O5S/c1-17-5-10-22(18(2)15-17)19(3)25-23(28)16-27(33(4,30)31)21-8-6-20(7-9-21)24(29)26-11-13-32-14-12-26/h5-10,15,19H,11-14,16H2,1-4H3,(H,25,28). The molecule has 1 aliphatic rings. The van der Waals surface area contributed by atoms with Crippen LogP contribution in [0.25, 0.3) is 0 Å². The lowest BCUT2D eigenvalue weighted by molar-refractivity contribution is -0.120. The van der Waals surface area contributed by atoms with Crippen molar-refractivity contribution >= 4 is 27.5 Å². The van der Waals surface area contributed by atoms with E-state index in [4.69, 9.17) is 4.74 Å². The monoisotopic (exact) mass is 473 g/mol. The highest BCUT2D eigenvalue weighted by atomic mass is 32.2. The van der Waals surface area contributed by atoms with E-state index in [0.29, 0.717) is 37.6 Å². The number of rotatable bonds is 7. The van der Waals surface area contributed by atoms with Gasteiger partial charge in [0, 0.05) is 18.7 Å². The Morgan fingerprint density at radius 1 is 1.09 bits per heavy atom. The molecule has 1 N–H and O–H groups in total. The number of amides is 2. The van der Waals surface area contributed by atoms with Crippen LogP contribution in [-0.4, -0.2) is 64.2 Å². The van der Waals surface area contributed by atoms with E-state index in [1.807, 2.05) is 39.0 Å². The van der Waals surface area contributed by atoms with E-state index in [1.165, 1.54) is 0 Å². The minimum absolute atomic E-state index is 0.129. The molecule has 3 rings (SSSR count). The van der Waals surface area contributed by atoms with Crippen LogP contribution in [0.3, 0.4) is 0 Å². The van der Waals surface area contributed by atoms with E-state index < -0.39 is 15.9 Å². The first kappa shape index (κ1) is 24.7. The summed E-state index contributed by atoms with van der Waals surface area (Å²) in [4.78, 5) is 27.1. The van der Waals surface area contributed by atoms with Crippen LogP contribution in [0.5, 0.6) is 0 Å². The fourth-order valence-electron chi connectivity index (χ4n) is 3.93. The third-order valence-electron chi connectivity index (χ3n) is 5.66. The second-order valence-electron chi connectivity index (χ2n) is 8.37. The molecule has 0 aliphatic carbocycles. The Labute approximate surface area is 195 Å². The van der Waals surface area contributed by atoms with Crippen molar-refractivity contribution in [3.8, 4) is 0 Å². The van der Waals surface area contributed by atoms with E-state index in [-0.39, 0.29) is 18.5 Å². The minimum atomic E-state index is -3.72. The molecule has 2 aromatic rings. The first-order chi connectivity index (χ1) is 15.6. The molecule has 1 saturated heterocycles. The molecular formula is C24H31N3O5S. The number of carbonyl (C=O) groups is 2. The summed E-state index contributed by atoms with van der Waals surface area (Å²) in [6.45, 7) is 7.54. The number of carbonyl (C=O) groups excluding carboxylic acids is 2. The zero-order valence-electron chi connectivity index (χ0n) is 19.5. The van der Waals surface area contributed by atoms with Gasteiger partial charge in [-0.2, -0.15) is 0 Å². The van der Waals surface area contributed by atoms with E-state index in [9.17, 15) is 18.0 Å². The van der Waals surface area contributed by atoms with Crippen LogP contribution in [-0.2, 0) is 19.6 Å². The number of hydrogen-bond donors (Lipinski definition) is 1. The predicted molar refractivity (Wildman–Crippen MR) is 128 cm³/mol. The quantitative estimate of drug-likeness (QED) is 0.666. The molecule has 1 aliphatic heterocycles. The largest absolute Gasteiger partial charge is 0.378 e. The van der Waals surface area contributed by atoms with Crippen LogP contribution < -0.4 is 9.62 Å².